The number of aryl methyl sites for hydroxylation is 1. The molecule has 0 spiro atoms. The van der Waals surface area contributed by atoms with E-state index in [1.807, 2.05) is 17.9 Å². The molecule has 2 aliphatic rings. The normalized spacial score (nSPS) is 19.3. The average molecular weight is 385 g/mol. The van der Waals surface area contributed by atoms with Crippen molar-refractivity contribution in [3.05, 3.63) is 11.8 Å². The fraction of sp³-hybridized carbons (Fsp3) is 0.722. The number of rotatable bonds is 4. The molecule has 27 heavy (non-hydrogen) atoms. The van der Waals surface area contributed by atoms with Crippen LogP contribution in [-0.2, 0) is 4.79 Å². The summed E-state index contributed by atoms with van der Waals surface area (Å²) in [5.74, 6) is 0.497. The number of amides is 1. The number of alkyl halides is 3. The Bertz CT molecular complexity index is 653. The van der Waals surface area contributed by atoms with Crippen molar-refractivity contribution >= 4 is 17.7 Å². The maximum absolute atomic E-state index is 12.4. The van der Waals surface area contributed by atoms with E-state index in [0.29, 0.717) is 25.1 Å². The standard InChI is InChI=1S/C18H26F3N5O/c1-13-11-15(24-17(22-13)23-14-5-3-2-4-6-14)25-7-9-26(10-8-25)16(27)12-18(19,20)21/h11,14H,2-10,12H2,1H3,(H,22,23,24). The molecule has 0 radical (unpaired) electrons. The Morgan fingerprint density at radius 2 is 1.81 bits per heavy atom. The molecule has 0 atom stereocenters. The highest BCUT2D eigenvalue weighted by molar-refractivity contribution is 5.77. The van der Waals surface area contributed by atoms with Gasteiger partial charge in [0.1, 0.15) is 12.2 Å². The van der Waals surface area contributed by atoms with E-state index in [2.05, 4.69) is 15.3 Å². The predicted octanol–water partition coefficient (Wildman–Crippen LogP) is 3.13. The van der Waals surface area contributed by atoms with Crippen molar-refractivity contribution in [3.8, 4) is 0 Å². The van der Waals surface area contributed by atoms with E-state index < -0.39 is 18.5 Å². The number of hydrogen-bond acceptors (Lipinski definition) is 5. The summed E-state index contributed by atoms with van der Waals surface area (Å²) in [5.41, 5.74) is 0.842. The number of nitrogens with zero attached hydrogens (tertiary/aromatic N) is 4. The quantitative estimate of drug-likeness (QED) is 0.863. The smallest absolute Gasteiger partial charge is 0.353 e. The Morgan fingerprint density at radius 3 is 2.44 bits per heavy atom. The van der Waals surface area contributed by atoms with Crippen LogP contribution in [0.15, 0.2) is 6.07 Å². The Morgan fingerprint density at radius 1 is 1.15 bits per heavy atom. The van der Waals surface area contributed by atoms with E-state index in [0.717, 1.165) is 24.4 Å². The van der Waals surface area contributed by atoms with Crippen LogP contribution in [0.4, 0.5) is 24.9 Å². The van der Waals surface area contributed by atoms with Gasteiger partial charge in [0.25, 0.3) is 0 Å². The van der Waals surface area contributed by atoms with Crippen molar-refractivity contribution in [2.75, 3.05) is 36.4 Å². The molecule has 1 aromatic heterocycles. The second-order valence-electron chi connectivity index (χ2n) is 7.33. The lowest BCUT2D eigenvalue weighted by molar-refractivity contribution is -0.161. The Balaban J connectivity index is 1.59. The third kappa shape index (κ3) is 5.71. The molecular weight excluding hydrogens is 359 g/mol. The molecule has 0 bridgehead atoms. The third-order valence-corrected chi connectivity index (χ3v) is 5.09. The van der Waals surface area contributed by atoms with E-state index in [-0.39, 0.29) is 13.1 Å². The zero-order chi connectivity index (χ0) is 19.4. The third-order valence-electron chi connectivity index (χ3n) is 5.09. The summed E-state index contributed by atoms with van der Waals surface area (Å²) < 4.78 is 37.2. The van der Waals surface area contributed by atoms with Crippen LogP contribution in [0.1, 0.15) is 44.2 Å². The van der Waals surface area contributed by atoms with Crippen LogP contribution in [-0.4, -0.2) is 59.2 Å². The van der Waals surface area contributed by atoms with E-state index in [1.54, 1.807) is 0 Å². The lowest BCUT2D eigenvalue weighted by Crippen LogP contribution is -2.49. The average Bonchev–Trinajstić information content (AvgIpc) is 2.61. The molecule has 1 aliphatic heterocycles. The topological polar surface area (TPSA) is 61.4 Å². The minimum absolute atomic E-state index is 0.267. The summed E-state index contributed by atoms with van der Waals surface area (Å²) in [4.78, 5) is 24.1. The van der Waals surface area contributed by atoms with Crippen molar-refractivity contribution in [1.82, 2.24) is 14.9 Å². The summed E-state index contributed by atoms with van der Waals surface area (Å²) in [6.07, 6.45) is 0.0793. The van der Waals surface area contributed by atoms with E-state index in [4.69, 9.17) is 0 Å². The molecule has 1 saturated heterocycles. The minimum atomic E-state index is -4.46. The van der Waals surface area contributed by atoms with Gasteiger partial charge >= 0.3 is 6.18 Å². The van der Waals surface area contributed by atoms with Crippen molar-refractivity contribution in [1.29, 1.82) is 0 Å². The molecule has 150 valence electrons. The molecule has 1 aromatic rings. The first-order valence-corrected chi connectivity index (χ1v) is 9.52. The maximum Gasteiger partial charge on any atom is 0.397 e. The zero-order valence-corrected chi connectivity index (χ0v) is 15.6. The van der Waals surface area contributed by atoms with Crippen LogP contribution >= 0.6 is 0 Å². The Kier molecular flexibility index (Phi) is 6.06. The van der Waals surface area contributed by atoms with Gasteiger partial charge in [0, 0.05) is 44.0 Å². The summed E-state index contributed by atoms with van der Waals surface area (Å²) in [6, 6.07) is 2.27. The molecule has 1 saturated carbocycles. The van der Waals surface area contributed by atoms with Crippen molar-refractivity contribution < 1.29 is 18.0 Å². The van der Waals surface area contributed by atoms with Crippen molar-refractivity contribution in [2.24, 2.45) is 0 Å². The molecule has 1 amide bonds. The van der Waals surface area contributed by atoms with Gasteiger partial charge in [0.2, 0.25) is 11.9 Å². The molecule has 1 aliphatic carbocycles. The maximum atomic E-state index is 12.4. The summed E-state index contributed by atoms with van der Waals surface area (Å²) in [7, 11) is 0. The monoisotopic (exact) mass is 385 g/mol. The van der Waals surface area contributed by atoms with Crippen molar-refractivity contribution in [2.45, 2.75) is 57.7 Å². The van der Waals surface area contributed by atoms with Gasteiger partial charge < -0.3 is 15.1 Å². The SMILES string of the molecule is Cc1cc(N2CCN(C(=O)CC(F)(F)F)CC2)nc(NC2CCCCC2)n1. The lowest BCUT2D eigenvalue weighted by atomic mass is 9.96. The van der Waals surface area contributed by atoms with Crippen LogP contribution in [0.25, 0.3) is 0 Å². The number of hydrogen-bond donors (Lipinski definition) is 1. The van der Waals surface area contributed by atoms with Crippen molar-refractivity contribution in [3.63, 3.8) is 0 Å². The van der Waals surface area contributed by atoms with Gasteiger partial charge in [-0.25, -0.2) is 4.98 Å². The first-order chi connectivity index (χ1) is 12.8. The molecule has 2 heterocycles. The number of nitrogens with one attached hydrogen (secondary N) is 1. The number of halogens is 3. The van der Waals surface area contributed by atoms with E-state index in [9.17, 15) is 18.0 Å². The highest BCUT2D eigenvalue weighted by Gasteiger charge is 2.34. The highest BCUT2D eigenvalue weighted by Crippen LogP contribution is 2.24. The zero-order valence-electron chi connectivity index (χ0n) is 15.6. The van der Waals surface area contributed by atoms with Crippen LogP contribution < -0.4 is 10.2 Å². The Labute approximate surface area is 157 Å². The number of carbonyl (C=O) groups is 1. The fourth-order valence-electron chi connectivity index (χ4n) is 3.68. The predicted molar refractivity (Wildman–Crippen MR) is 96.7 cm³/mol. The highest BCUT2D eigenvalue weighted by atomic mass is 19.4. The van der Waals surface area contributed by atoms with Gasteiger partial charge in [-0.2, -0.15) is 18.2 Å². The molecule has 0 unspecified atom stereocenters. The van der Waals surface area contributed by atoms with Gasteiger partial charge in [-0.1, -0.05) is 19.3 Å². The van der Waals surface area contributed by atoms with Gasteiger partial charge in [0.05, 0.1) is 0 Å². The second kappa shape index (κ2) is 8.31. The van der Waals surface area contributed by atoms with Gasteiger partial charge in [-0.3, -0.25) is 4.79 Å². The number of aromatic nitrogens is 2. The van der Waals surface area contributed by atoms with E-state index >= 15 is 0 Å². The van der Waals surface area contributed by atoms with Crippen LogP contribution in [0.5, 0.6) is 0 Å². The molecule has 0 aromatic carbocycles. The Hall–Kier alpha value is -2.06. The number of piperazine rings is 1. The van der Waals surface area contributed by atoms with Crippen LogP contribution in [0.3, 0.4) is 0 Å². The lowest BCUT2D eigenvalue weighted by Gasteiger charge is -2.35. The molecule has 9 heteroatoms. The largest absolute Gasteiger partial charge is 0.397 e. The first kappa shape index (κ1) is 19.7. The van der Waals surface area contributed by atoms with Gasteiger partial charge in [-0.05, 0) is 19.8 Å². The summed E-state index contributed by atoms with van der Waals surface area (Å²) in [6.45, 7) is 3.36. The minimum Gasteiger partial charge on any atom is -0.353 e. The molecular formula is C18H26F3N5O. The molecule has 2 fully saturated rings. The van der Waals surface area contributed by atoms with E-state index in [1.165, 1.54) is 24.2 Å². The number of carbonyl (C=O) groups excluding carboxylic acids is 1. The molecule has 1 N–H and O–H groups in total. The fourth-order valence-corrected chi connectivity index (χ4v) is 3.68. The summed E-state index contributed by atoms with van der Waals surface area (Å²) >= 11 is 0. The number of anilines is 2. The van der Waals surface area contributed by atoms with Crippen LogP contribution in [0, 0.1) is 6.92 Å². The summed E-state index contributed by atoms with van der Waals surface area (Å²) in [5, 5.41) is 3.42. The molecule has 3 rings (SSSR count). The van der Waals surface area contributed by atoms with Crippen LogP contribution in [0.2, 0.25) is 0 Å². The molecule has 6 nitrogen and oxygen atoms in total. The second-order valence-corrected chi connectivity index (χ2v) is 7.33. The van der Waals surface area contributed by atoms with Gasteiger partial charge in [0.15, 0.2) is 0 Å². The van der Waals surface area contributed by atoms with Gasteiger partial charge in [-0.15, -0.1) is 0 Å². The first-order valence-electron chi connectivity index (χ1n) is 9.52.